The van der Waals surface area contributed by atoms with Crippen molar-refractivity contribution in [3.8, 4) is 11.3 Å². The van der Waals surface area contributed by atoms with Crippen molar-refractivity contribution in [3.05, 3.63) is 78.1 Å². The summed E-state index contributed by atoms with van der Waals surface area (Å²) in [4.78, 5) is 16.1. The van der Waals surface area contributed by atoms with Crippen LogP contribution in [0.5, 0.6) is 0 Å². The fourth-order valence-electron chi connectivity index (χ4n) is 4.12. The second kappa shape index (κ2) is 8.11. The van der Waals surface area contributed by atoms with Crippen LogP contribution in [0.25, 0.3) is 33.2 Å². The Morgan fingerprint density at radius 2 is 1.82 bits per heavy atom. The molecule has 3 aromatic heterocycles. The van der Waals surface area contributed by atoms with Crippen molar-refractivity contribution < 1.29 is 13.2 Å². The number of nitrogens with one attached hydrogen (secondary N) is 1. The third kappa shape index (κ3) is 3.63. The lowest BCUT2D eigenvalue weighted by Gasteiger charge is -2.13. The van der Waals surface area contributed by atoms with E-state index in [4.69, 9.17) is 0 Å². The van der Waals surface area contributed by atoms with Crippen LogP contribution in [0.1, 0.15) is 18.1 Å². The number of nitrogens with zero attached hydrogens (tertiary/aromatic N) is 4. The molecule has 0 spiro atoms. The van der Waals surface area contributed by atoms with E-state index in [1.165, 1.54) is 10.9 Å². The molecule has 0 unspecified atom stereocenters. The molecular formula is C25H23N5O3S. The minimum absolute atomic E-state index is 0.135. The fourth-order valence-corrected chi connectivity index (χ4v) is 5.60. The highest BCUT2D eigenvalue weighted by Crippen LogP contribution is 2.35. The lowest BCUT2D eigenvalue weighted by atomic mass is 10.1. The van der Waals surface area contributed by atoms with Gasteiger partial charge in [-0.15, -0.1) is 0 Å². The Hall–Kier alpha value is -3.98. The number of hydrogen-bond acceptors (Lipinski definition) is 5. The van der Waals surface area contributed by atoms with E-state index < -0.39 is 10.0 Å². The molecule has 9 heteroatoms. The van der Waals surface area contributed by atoms with Crippen molar-refractivity contribution in [2.75, 3.05) is 0 Å². The predicted octanol–water partition coefficient (Wildman–Crippen LogP) is 3.77. The average molecular weight is 474 g/mol. The van der Waals surface area contributed by atoms with Gasteiger partial charge < -0.3 is 5.32 Å². The maximum atomic E-state index is 13.9. The average Bonchev–Trinajstić information content (AvgIpc) is 3.39. The Kier molecular flexibility index (Phi) is 5.21. The SMILES string of the molecule is CC(=O)NCc1cccc(-c2cc3c4c(cnc3n2S(=O)(=O)c2ccc(C)cc2)cnn4C)c1. The molecule has 0 aliphatic rings. The minimum atomic E-state index is -3.97. The van der Waals surface area contributed by atoms with Crippen LogP contribution >= 0.6 is 0 Å². The Labute approximate surface area is 196 Å². The summed E-state index contributed by atoms with van der Waals surface area (Å²) in [5.74, 6) is -0.135. The first-order valence-corrected chi connectivity index (χ1v) is 12.2. The number of hydrogen-bond donors (Lipinski definition) is 1. The first kappa shape index (κ1) is 21.8. The van der Waals surface area contributed by atoms with Crippen molar-refractivity contribution in [2.24, 2.45) is 7.05 Å². The molecule has 1 amide bonds. The molecule has 8 nitrogen and oxygen atoms in total. The summed E-state index contributed by atoms with van der Waals surface area (Å²) in [6.07, 6.45) is 3.35. The Morgan fingerprint density at radius 1 is 1.06 bits per heavy atom. The maximum absolute atomic E-state index is 13.9. The van der Waals surface area contributed by atoms with Crippen LogP contribution < -0.4 is 5.32 Å². The highest BCUT2D eigenvalue weighted by molar-refractivity contribution is 7.90. The van der Waals surface area contributed by atoms with E-state index in [1.807, 2.05) is 44.3 Å². The van der Waals surface area contributed by atoms with Gasteiger partial charge >= 0.3 is 0 Å². The van der Waals surface area contributed by atoms with Crippen molar-refractivity contribution >= 4 is 37.9 Å². The molecule has 0 radical (unpaired) electrons. The van der Waals surface area contributed by atoms with Crippen LogP contribution in [0.15, 0.2) is 71.9 Å². The molecule has 5 aromatic rings. The van der Waals surface area contributed by atoms with Gasteiger partial charge in [-0.05, 0) is 42.3 Å². The fraction of sp³-hybridized carbons (Fsp3) is 0.160. The number of rotatable bonds is 5. The summed E-state index contributed by atoms with van der Waals surface area (Å²) >= 11 is 0. The van der Waals surface area contributed by atoms with Gasteiger partial charge in [-0.2, -0.15) is 5.10 Å². The number of fused-ring (bicyclic) bond motifs is 3. The molecule has 172 valence electrons. The zero-order valence-electron chi connectivity index (χ0n) is 19.0. The number of amides is 1. The highest BCUT2D eigenvalue weighted by Gasteiger charge is 2.26. The van der Waals surface area contributed by atoms with E-state index in [9.17, 15) is 13.2 Å². The van der Waals surface area contributed by atoms with Crippen molar-refractivity contribution in [3.63, 3.8) is 0 Å². The Bertz CT molecular complexity index is 1660. The van der Waals surface area contributed by atoms with Gasteiger partial charge in [0, 0.05) is 37.5 Å². The summed E-state index contributed by atoms with van der Waals surface area (Å²) in [6.45, 7) is 3.72. The van der Waals surface area contributed by atoms with Gasteiger partial charge in [0.25, 0.3) is 10.0 Å². The Balaban J connectivity index is 1.80. The number of aromatic nitrogens is 4. The molecule has 0 bridgehead atoms. The number of pyridine rings is 1. The number of carbonyl (C=O) groups excluding carboxylic acids is 1. The molecule has 5 rings (SSSR count). The molecule has 0 aliphatic carbocycles. The smallest absolute Gasteiger partial charge is 0.269 e. The van der Waals surface area contributed by atoms with Crippen LogP contribution in [0, 0.1) is 6.92 Å². The van der Waals surface area contributed by atoms with Crippen LogP contribution in [0.3, 0.4) is 0 Å². The van der Waals surface area contributed by atoms with Crippen LogP contribution in [0.2, 0.25) is 0 Å². The second-order valence-corrected chi connectivity index (χ2v) is 10.1. The molecule has 3 heterocycles. The normalized spacial score (nSPS) is 11.9. The molecular weight excluding hydrogens is 450 g/mol. The third-order valence-electron chi connectivity index (χ3n) is 5.80. The predicted molar refractivity (Wildman–Crippen MR) is 131 cm³/mol. The van der Waals surface area contributed by atoms with E-state index >= 15 is 0 Å². The van der Waals surface area contributed by atoms with E-state index in [0.29, 0.717) is 28.8 Å². The first-order valence-electron chi connectivity index (χ1n) is 10.7. The van der Waals surface area contributed by atoms with Crippen molar-refractivity contribution in [2.45, 2.75) is 25.3 Å². The van der Waals surface area contributed by atoms with Crippen LogP contribution in [-0.4, -0.2) is 33.1 Å². The van der Waals surface area contributed by atoms with Gasteiger partial charge in [0.05, 0.1) is 22.3 Å². The monoisotopic (exact) mass is 473 g/mol. The highest BCUT2D eigenvalue weighted by atomic mass is 32.2. The Morgan fingerprint density at radius 3 is 2.56 bits per heavy atom. The van der Waals surface area contributed by atoms with Gasteiger partial charge in [0.15, 0.2) is 5.65 Å². The lowest BCUT2D eigenvalue weighted by Crippen LogP contribution is -2.19. The summed E-state index contributed by atoms with van der Waals surface area (Å²) < 4.78 is 30.9. The number of aryl methyl sites for hydroxylation is 2. The molecule has 0 aliphatic heterocycles. The molecule has 0 fully saturated rings. The van der Waals surface area contributed by atoms with Gasteiger partial charge in [-0.3, -0.25) is 9.48 Å². The molecule has 0 atom stereocenters. The maximum Gasteiger partial charge on any atom is 0.269 e. The molecule has 34 heavy (non-hydrogen) atoms. The van der Waals surface area contributed by atoms with Gasteiger partial charge in [-0.1, -0.05) is 35.9 Å². The quantitative estimate of drug-likeness (QED) is 0.419. The topological polar surface area (TPSA) is 98.9 Å². The third-order valence-corrected chi connectivity index (χ3v) is 7.52. The van der Waals surface area contributed by atoms with Crippen LogP contribution in [-0.2, 0) is 28.4 Å². The van der Waals surface area contributed by atoms with Gasteiger partial charge in [0.2, 0.25) is 5.91 Å². The molecule has 1 N–H and O–H groups in total. The molecule has 0 saturated carbocycles. The number of benzene rings is 2. The summed E-state index contributed by atoms with van der Waals surface area (Å²) in [5, 5.41) is 8.62. The van der Waals surface area contributed by atoms with E-state index in [0.717, 1.165) is 22.0 Å². The largest absolute Gasteiger partial charge is 0.352 e. The van der Waals surface area contributed by atoms with Crippen LogP contribution in [0.4, 0.5) is 0 Å². The molecule has 0 saturated heterocycles. The summed E-state index contributed by atoms with van der Waals surface area (Å²) in [6, 6.07) is 16.1. The minimum Gasteiger partial charge on any atom is -0.352 e. The number of carbonyl (C=O) groups is 1. The van der Waals surface area contributed by atoms with Gasteiger partial charge in [0.1, 0.15) is 0 Å². The lowest BCUT2D eigenvalue weighted by molar-refractivity contribution is -0.119. The van der Waals surface area contributed by atoms with E-state index in [-0.39, 0.29) is 10.8 Å². The zero-order valence-corrected chi connectivity index (χ0v) is 19.8. The summed E-state index contributed by atoms with van der Waals surface area (Å²) in [7, 11) is -2.15. The van der Waals surface area contributed by atoms with E-state index in [2.05, 4.69) is 15.4 Å². The van der Waals surface area contributed by atoms with Crippen molar-refractivity contribution in [1.29, 1.82) is 0 Å². The zero-order chi connectivity index (χ0) is 24.0. The first-order chi connectivity index (χ1) is 16.3. The second-order valence-electron chi connectivity index (χ2n) is 8.29. The molecule has 2 aromatic carbocycles. The van der Waals surface area contributed by atoms with Gasteiger partial charge in [-0.25, -0.2) is 17.4 Å². The van der Waals surface area contributed by atoms with E-state index in [1.54, 1.807) is 41.3 Å². The van der Waals surface area contributed by atoms with Crippen molar-refractivity contribution in [1.82, 2.24) is 24.1 Å². The standard InChI is InChI=1S/C25H23N5O3S/c1-16-7-9-21(10-8-16)34(32,33)30-23(19-6-4-5-18(11-19)13-26-17(2)31)12-22-24-20(14-27-25(22)30)15-28-29(24)3/h4-12,14-15H,13H2,1-3H3,(H,26,31). The summed E-state index contributed by atoms with van der Waals surface area (Å²) in [5.41, 5.74) is 4.15.